The van der Waals surface area contributed by atoms with E-state index in [1.165, 1.54) is 18.5 Å². The molecule has 2 nitrogen and oxygen atoms in total. The van der Waals surface area contributed by atoms with Crippen molar-refractivity contribution < 1.29 is 0 Å². The molecule has 1 aliphatic heterocycles. The fourth-order valence-corrected chi connectivity index (χ4v) is 2.92. The van der Waals surface area contributed by atoms with Crippen LogP contribution in [0.15, 0.2) is 16.8 Å². The van der Waals surface area contributed by atoms with Gasteiger partial charge in [-0.1, -0.05) is 12.2 Å². The monoisotopic (exact) mass is 240 g/mol. The van der Waals surface area contributed by atoms with E-state index < -0.39 is 0 Å². The molecule has 0 aromatic carbocycles. The van der Waals surface area contributed by atoms with Crippen LogP contribution >= 0.6 is 23.6 Å². The number of nitrogens with two attached hydrogens (primary N) is 1. The van der Waals surface area contributed by atoms with Crippen molar-refractivity contribution in [1.29, 1.82) is 0 Å². The topological polar surface area (TPSA) is 29.3 Å². The second-order valence-corrected chi connectivity index (χ2v) is 5.36. The van der Waals surface area contributed by atoms with Crippen molar-refractivity contribution in [2.45, 2.75) is 19.4 Å². The van der Waals surface area contributed by atoms with Crippen LogP contribution in [-0.2, 0) is 6.54 Å². The van der Waals surface area contributed by atoms with Crippen LogP contribution in [0.2, 0.25) is 0 Å². The number of hydrogen-bond acceptors (Lipinski definition) is 3. The molecule has 1 atom stereocenters. The summed E-state index contributed by atoms with van der Waals surface area (Å²) in [6, 6.07) is 2.19. The van der Waals surface area contributed by atoms with Gasteiger partial charge < -0.3 is 5.73 Å². The Hall–Kier alpha value is -0.450. The molecule has 82 valence electrons. The minimum Gasteiger partial charge on any atom is -0.393 e. The molecule has 2 heterocycles. The van der Waals surface area contributed by atoms with Crippen LogP contribution in [0.1, 0.15) is 18.4 Å². The van der Waals surface area contributed by atoms with E-state index in [-0.39, 0.29) is 0 Å². The molecule has 1 unspecified atom stereocenters. The Labute approximate surface area is 100 Å². The van der Waals surface area contributed by atoms with Crippen LogP contribution in [0.25, 0.3) is 0 Å². The molecular formula is C11H16N2S2. The Morgan fingerprint density at radius 3 is 3.20 bits per heavy atom. The Morgan fingerprint density at radius 1 is 1.67 bits per heavy atom. The van der Waals surface area contributed by atoms with Gasteiger partial charge >= 0.3 is 0 Å². The van der Waals surface area contributed by atoms with Crippen LogP contribution in [-0.4, -0.2) is 23.0 Å². The predicted octanol–water partition coefficient (Wildman–Crippen LogP) is 2.25. The SMILES string of the molecule is NC(=S)C1CCCN(Cc2ccsc2)C1. The second kappa shape index (κ2) is 5.05. The summed E-state index contributed by atoms with van der Waals surface area (Å²) in [6.07, 6.45) is 2.38. The van der Waals surface area contributed by atoms with E-state index in [0.29, 0.717) is 10.9 Å². The predicted molar refractivity (Wildman–Crippen MR) is 69.1 cm³/mol. The zero-order chi connectivity index (χ0) is 10.7. The summed E-state index contributed by atoms with van der Waals surface area (Å²) in [4.78, 5) is 3.14. The average Bonchev–Trinajstić information content (AvgIpc) is 2.71. The van der Waals surface area contributed by atoms with Gasteiger partial charge in [-0.25, -0.2) is 0 Å². The number of thiophene rings is 1. The molecule has 1 fully saturated rings. The molecule has 0 radical (unpaired) electrons. The van der Waals surface area contributed by atoms with E-state index in [0.717, 1.165) is 19.5 Å². The zero-order valence-electron chi connectivity index (χ0n) is 8.69. The van der Waals surface area contributed by atoms with Crippen LogP contribution in [0.3, 0.4) is 0 Å². The van der Waals surface area contributed by atoms with Gasteiger partial charge in [0, 0.05) is 19.0 Å². The van der Waals surface area contributed by atoms with Crippen LogP contribution in [0.4, 0.5) is 0 Å². The van der Waals surface area contributed by atoms with Gasteiger partial charge in [-0.2, -0.15) is 11.3 Å². The number of nitrogens with zero attached hydrogens (tertiary/aromatic N) is 1. The third-order valence-electron chi connectivity index (χ3n) is 2.89. The minimum absolute atomic E-state index is 0.424. The highest BCUT2D eigenvalue weighted by Gasteiger charge is 2.21. The lowest BCUT2D eigenvalue weighted by Gasteiger charge is -2.31. The summed E-state index contributed by atoms with van der Waals surface area (Å²) < 4.78 is 0. The Kier molecular flexibility index (Phi) is 3.72. The minimum atomic E-state index is 0.424. The molecule has 1 aliphatic rings. The second-order valence-electron chi connectivity index (χ2n) is 4.11. The first-order chi connectivity index (χ1) is 7.25. The molecule has 1 aromatic rings. The molecule has 4 heteroatoms. The van der Waals surface area contributed by atoms with Crippen LogP contribution in [0.5, 0.6) is 0 Å². The molecule has 2 N–H and O–H groups in total. The Morgan fingerprint density at radius 2 is 2.53 bits per heavy atom. The van der Waals surface area contributed by atoms with E-state index >= 15 is 0 Å². The van der Waals surface area contributed by atoms with Crippen molar-refractivity contribution in [2.75, 3.05) is 13.1 Å². The summed E-state index contributed by atoms with van der Waals surface area (Å²) in [5, 5.41) is 4.34. The lowest BCUT2D eigenvalue weighted by molar-refractivity contribution is 0.197. The van der Waals surface area contributed by atoms with Gasteiger partial charge in [0.25, 0.3) is 0 Å². The first-order valence-corrected chi connectivity index (χ1v) is 6.63. The third kappa shape index (κ3) is 3.00. The molecule has 0 aliphatic carbocycles. The van der Waals surface area contributed by atoms with Gasteiger partial charge in [0.1, 0.15) is 0 Å². The smallest absolute Gasteiger partial charge is 0.0771 e. The summed E-state index contributed by atoms with van der Waals surface area (Å²) in [6.45, 7) is 3.25. The summed E-state index contributed by atoms with van der Waals surface area (Å²) >= 11 is 6.83. The normalized spacial score (nSPS) is 22.8. The molecule has 0 saturated carbocycles. The van der Waals surface area contributed by atoms with Gasteiger partial charge in [0.05, 0.1) is 4.99 Å². The number of thiocarbonyl (C=S) groups is 1. The van der Waals surface area contributed by atoms with Crippen LogP contribution in [0, 0.1) is 5.92 Å². The Bertz CT molecular complexity index is 321. The first kappa shape index (κ1) is 11.0. The molecular weight excluding hydrogens is 224 g/mol. The maximum Gasteiger partial charge on any atom is 0.0771 e. The van der Waals surface area contributed by atoms with E-state index in [2.05, 4.69) is 21.7 Å². The van der Waals surface area contributed by atoms with Crippen molar-refractivity contribution >= 4 is 28.5 Å². The largest absolute Gasteiger partial charge is 0.393 e. The summed E-state index contributed by atoms with van der Waals surface area (Å²) in [5.41, 5.74) is 7.12. The quantitative estimate of drug-likeness (QED) is 0.822. The first-order valence-electron chi connectivity index (χ1n) is 5.28. The maximum atomic E-state index is 5.71. The van der Waals surface area contributed by atoms with E-state index in [9.17, 15) is 0 Å². The number of hydrogen-bond donors (Lipinski definition) is 1. The summed E-state index contributed by atoms with van der Waals surface area (Å²) in [7, 11) is 0. The van der Waals surface area contributed by atoms with Crippen molar-refractivity contribution in [2.24, 2.45) is 11.7 Å². The highest BCUT2D eigenvalue weighted by Crippen LogP contribution is 2.19. The standard InChI is InChI=1S/C11H16N2S2/c12-11(14)10-2-1-4-13(7-10)6-9-3-5-15-8-9/h3,5,8,10H,1-2,4,6-7H2,(H2,12,14). The third-order valence-corrected chi connectivity index (χ3v) is 3.96. The van der Waals surface area contributed by atoms with Crippen molar-refractivity contribution in [3.8, 4) is 0 Å². The van der Waals surface area contributed by atoms with E-state index in [1.807, 2.05) is 0 Å². The fraction of sp³-hybridized carbons (Fsp3) is 0.545. The molecule has 1 aromatic heterocycles. The van der Waals surface area contributed by atoms with Crippen molar-refractivity contribution in [3.63, 3.8) is 0 Å². The lowest BCUT2D eigenvalue weighted by Crippen LogP contribution is -2.39. The number of piperidine rings is 1. The van der Waals surface area contributed by atoms with E-state index in [4.69, 9.17) is 18.0 Å². The van der Waals surface area contributed by atoms with Gasteiger partial charge in [-0.3, -0.25) is 4.90 Å². The summed E-state index contributed by atoms with van der Waals surface area (Å²) in [5.74, 6) is 0.424. The van der Waals surface area contributed by atoms with Gasteiger partial charge in [0.15, 0.2) is 0 Å². The van der Waals surface area contributed by atoms with Gasteiger partial charge in [0.2, 0.25) is 0 Å². The molecule has 0 spiro atoms. The van der Waals surface area contributed by atoms with Crippen molar-refractivity contribution in [3.05, 3.63) is 22.4 Å². The average molecular weight is 240 g/mol. The molecule has 0 amide bonds. The molecule has 15 heavy (non-hydrogen) atoms. The zero-order valence-corrected chi connectivity index (χ0v) is 10.3. The number of rotatable bonds is 3. The van der Waals surface area contributed by atoms with E-state index in [1.54, 1.807) is 11.3 Å². The van der Waals surface area contributed by atoms with Gasteiger partial charge in [-0.15, -0.1) is 0 Å². The Balaban J connectivity index is 1.90. The van der Waals surface area contributed by atoms with Crippen molar-refractivity contribution in [1.82, 2.24) is 4.90 Å². The highest BCUT2D eigenvalue weighted by atomic mass is 32.1. The maximum absolute atomic E-state index is 5.71. The lowest BCUT2D eigenvalue weighted by atomic mass is 9.98. The number of likely N-dealkylation sites (tertiary alicyclic amines) is 1. The fourth-order valence-electron chi connectivity index (χ4n) is 2.07. The molecule has 2 rings (SSSR count). The van der Waals surface area contributed by atoms with Crippen LogP contribution < -0.4 is 5.73 Å². The molecule has 1 saturated heterocycles. The van der Waals surface area contributed by atoms with Gasteiger partial charge in [-0.05, 0) is 41.8 Å². The highest BCUT2D eigenvalue weighted by molar-refractivity contribution is 7.80. The molecule has 0 bridgehead atoms.